The summed E-state index contributed by atoms with van der Waals surface area (Å²) < 4.78 is 0. The number of hydrogen-bond acceptors (Lipinski definition) is 6. The van der Waals surface area contributed by atoms with Crippen molar-refractivity contribution in [1.29, 1.82) is 0 Å². The highest BCUT2D eigenvalue weighted by Gasteiger charge is 2.40. The molecule has 0 saturated carbocycles. The van der Waals surface area contributed by atoms with E-state index in [4.69, 9.17) is 0 Å². The van der Waals surface area contributed by atoms with E-state index in [2.05, 4.69) is 29.4 Å². The number of amides is 4. The topological polar surface area (TPSA) is 122 Å². The number of aliphatic hydroxyl groups excluding tert-OH is 1. The second-order valence-corrected chi connectivity index (χ2v) is 15.4. The van der Waals surface area contributed by atoms with Crippen LogP contribution in [0.4, 0.5) is 0 Å². The molecule has 258 valence electrons. The van der Waals surface area contributed by atoms with Crippen molar-refractivity contribution in [1.82, 2.24) is 25.3 Å². The van der Waals surface area contributed by atoms with E-state index in [0.717, 1.165) is 32.2 Å². The van der Waals surface area contributed by atoms with Crippen molar-refractivity contribution in [2.45, 2.75) is 144 Å². The summed E-state index contributed by atoms with van der Waals surface area (Å²) in [6, 6.07) is -2.10. The Bertz CT molecular complexity index is 1050. The van der Waals surface area contributed by atoms with Gasteiger partial charge >= 0.3 is 0 Å². The fraction of sp³-hybridized carbons (Fsp3) is 0.829. The average molecular weight is 634 g/mol. The lowest BCUT2D eigenvalue weighted by Gasteiger charge is -2.41. The molecular weight excluding hydrogens is 570 g/mol. The van der Waals surface area contributed by atoms with Crippen molar-refractivity contribution >= 4 is 23.6 Å². The third-order valence-electron chi connectivity index (χ3n) is 9.28. The van der Waals surface area contributed by atoms with Crippen molar-refractivity contribution < 1.29 is 24.3 Å². The maximum atomic E-state index is 14.1. The molecule has 3 N–H and O–H groups in total. The molecule has 0 radical (unpaired) electrons. The number of hydrogen-bond donors (Lipinski definition) is 3. The normalized spacial score (nSPS) is 22.0. The molecule has 10 heteroatoms. The van der Waals surface area contributed by atoms with Crippen LogP contribution >= 0.6 is 0 Å². The summed E-state index contributed by atoms with van der Waals surface area (Å²) in [7, 11) is 1.74. The van der Waals surface area contributed by atoms with Gasteiger partial charge in [-0.2, -0.15) is 0 Å². The van der Waals surface area contributed by atoms with Crippen LogP contribution in [0.15, 0.2) is 11.6 Å². The molecule has 2 aliphatic heterocycles. The Kier molecular flexibility index (Phi) is 14.6. The zero-order chi connectivity index (χ0) is 34.2. The van der Waals surface area contributed by atoms with Crippen LogP contribution in [0, 0.1) is 17.3 Å². The monoisotopic (exact) mass is 633 g/mol. The van der Waals surface area contributed by atoms with Crippen LogP contribution in [0.3, 0.4) is 0 Å². The van der Waals surface area contributed by atoms with Gasteiger partial charge in [-0.15, -0.1) is 0 Å². The minimum absolute atomic E-state index is 0.00758. The largest absolute Gasteiger partial charge is 0.394 e. The van der Waals surface area contributed by atoms with E-state index < -0.39 is 23.5 Å². The minimum atomic E-state index is -0.742. The second-order valence-electron chi connectivity index (χ2n) is 15.4. The highest BCUT2D eigenvalue weighted by molar-refractivity contribution is 5.97. The van der Waals surface area contributed by atoms with E-state index in [1.165, 1.54) is 0 Å². The molecular formula is C35H63N5O5. The van der Waals surface area contributed by atoms with E-state index in [9.17, 15) is 24.3 Å². The predicted molar refractivity (Wildman–Crippen MR) is 179 cm³/mol. The molecule has 2 fully saturated rings. The lowest BCUT2D eigenvalue weighted by molar-refractivity contribution is -0.142. The number of rotatable bonds is 13. The number of nitrogens with zero attached hydrogens (tertiary/aromatic N) is 3. The maximum absolute atomic E-state index is 14.1. The van der Waals surface area contributed by atoms with Crippen molar-refractivity contribution in [3.63, 3.8) is 0 Å². The molecule has 10 nitrogen and oxygen atoms in total. The molecule has 0 aromatic carbocycles. The maximum Gasteiger partial charge on any atom is 0.249 e. The standard InChI is InChI=1S/C35H63N5O5/c1-22(2)19-26(21-41)36-31(42)28-16-14-18-40(28)33(44)25(7)20-29(23(3)4)38(11)34(45)30(35(8,9)10)37-32(43)27-15-12-13-17-39(27)24(5)6/h20,22-24,26-30,41H,12-19,21H2,1-11H3,(H,36,42)(H,37,43)/b25-20+/t26-,27?,28-,29+,30+/m0/s1. The highest BCUT2D eigenvalue weighted by atomic mass is 16.3. The van der Waals surface area contributed by atoms with Gasteiger partial charge in [0.05, 0.1) is 24.7 Å². The van der Waals surface area contributed by atoms with E-state index >= 15 is 0 Å². The van der Waals surface area contributed by atoms with Crippen molar-refractivity contribution in [2.75, 3.05) is 26.7 Å². The molecule has 5 atom stereocenters. The fourth-order valence-electron chi connectivity index (χ4n) is 6.72. The van der Waals surface area contributed by atoms with Gasteiger partial charge in [-0.05, 0) is 76.7 Å². The van der Waals surface area contributed by atoms with Crippen LogP contribution in [-0.2, 0) is 19.2 Å². The predicted octanol–water partition coefficient (Wildman–Crippen LogP) is 3.72. The van der Waals surface area contributed by atoms with Crippen LogP contribution in [0.1, 0.15) is 108 Å². The molecule has 0 aromatic rings. The summed E-state index contributed by atoms with van der Waals surface area (Å²) in [5, 5.41) is 15.8. The first kappa shape index (κ1) is 38.7. The molecule has 45 heavy (non-hydrogen) atoms. The Morgan fingerprint density at radius 1 is 0.911 bits per heavy atom. The van der Waals surface area contributed by atoms with Gasteiger partial charge in [-0.3, -0.25) is 24.1 Å². The van der Waals surface area contributed by atoms with Gasteiger partial charge in [-0.25, -0.2) is 0 Å². The fourth-order valence-corrected chi connectivity index (χ4v) is 6.72. The van der Waals surface area contributed by atoms with Crippen LogP contribution in [0.5, 0.6) is 0 Å². The SMILES string of the molecule is C/C(=C\[C@H](C(C)C)N(C)C(=O)[C@@H](NC(=O)C1CCCCN1C(C)C)C(C)(C)C)C(=O)N1CCC[C@H]1C(=O)N[C@H](CO)CC(C)C. The van der Waals surface area contributed by atoms with Crippen LogP contribution in [-0.4, -0.2) is 106 Å². The van der Waals surface area contributed by atoms with Gasteiger partial charge in [-0.1, -0.05) is 61.0 Å². The van der Waals surface area contributed by atoms with Gasteiger partial charge in [0.2, 0.25) is 23.6 Å². The summed E-state index contributed by atoms with van der Waals surface area (Å²) in [4.78, 5) is 60.1. The van der Waals surface area contributed by atoms with Crippen LogP contribution in [0.25, 0.3) is 0 Å². The lowest BCUT2D eigenvalue weighted by Crippen LogP contribution is -2.60. The van der Waals surface area contributed by atoms with Gasteiger partial charge in [0, 0.05) is 25.2 Å². The Morgan fingerprint density at radius 2 is 1.51 bits per heavy atom. The summed E-state index contributed by atoms with van der Waals surface area (Å²) >= 11 is 0. The molecule has 1 unspecified atom stereocenters. The quantitative estimate of drug-likeness (QED) is 0.266. The first-order chi connectivity index (χ1) is 20.9. The van der Waals surface area contributed by atoms with Gasteiger partial charge in [0.25, 0.3) is 0 Å². The van der Waals surface area contributed by atoms with Gasteiger partial charge in [0.15, 0.2) is 0 Å². The molecule has 2 aliphatic rings. The van der Waals surface area contributed by atoms with Crippen molar-refractivity contribution in [3.8, 4) is 0 Å². The molecule has 2 rings (SSSR count). The first-order valence-electron chi connectivity index (χ1n) is 17.1. The van der Waals surface area contributed by atoms with Gasteiger partial charge in [0.1, 0.15) is 12.1 Å². The molecule has 0 spiro atoms. The smallest absolute Gasteiger partial charge is 0.249 e. The van der Waals surface area contributed by atoms with Crippen molar-refractivity contribution in [2.24, 2.45) is 17.3 Å². The number of likely N-dealkylation sites (N-methyl/N-ethyl adjacent to an activating group) is 1. The number of carbonyl (C=O) groups is 4. The van der Waals surface area contributed by atoms with E-state index in [1.54, 1.807) is 23.8 Å². The number of carbonyl (C=O) groups excluding carboxylic acids is 4. The zero-order valence-corrected chi connectivity index (χ0v) is 30.0. The second kappa shape index (κ2) is 16.9. The lowest BCUT2D eigenvalue weighted by atomic mass is 9.84. The van der Waals surface area contributed by atoms with E-state index in [-0.39, 0.29) is 54.3 Å². The van der Waals surface area contributed by atoms with Crippen LogP contribution in [0.2, 0.25) is 0 Å². The molecule has 4 amide bonds. The van der Waals surface area contributed by atoms with Crippen molar-refractivity contribution in [3.05, 3.63) is 11.6 Å². The molecule has 0 aromatic heterocycles. The van der Waals surface area contributed by atoms with E-state index in [0.29, 0.717) is 30.9 Å². The number of nitrogens with one attached hydrogen (secondary N) is 2. The Hall–Kier alpha value is -2.46. The molecule has 2 saturated heterocycles. The first-order valence-corrected chi connectivity index (χ1v) is 17.1. The zero-order valence-electron chi connectivity index (χ0n) is 30.0. The van der Waals surface area contributed by atoms with Crippen LogP contribution < -0.4 is 10.6 Å². The summed E-state index contributed by atoms with van der Waals surface area (Å²) in [5.41, 5.74) is -0.0629. The number of likely N-dealkylation sites (tertiary alicyclic amines) is 2. The van der Waals surface area contributed by atoms with E-state index in [1.807, 2.05) is 54.5 Å². The van der Waals surface area contributed by atoms with Gasteiger partial charge < -0.3 is 25.5 Å². The summed E-state index contributed by atoms with van der Waals surface area (Å²) in [6.45, 7) is 21.1. The third-order valence-corrected chi connectivity index (χ3v) is 9.28. The molecule has 2 heterocycles. The Labute approximate surface area is 272 Å². The Morgan fingerprint density at radius 3 is 2.04 bits per heavy atom. The summed E-state index contributed by atoms with van der Waals surface area (Å²) in [6.07, 6.45) is 6.61. The summed E-state index contributed by atoms with van der Waals surface area (Å²) in [5.74, 6) is -0.462. The Balaban J connectivity index is 2.25. The third kappa shape index (κ3) is 10.5. The highest BCUT2D eigenvalue weighted by Crippen LogP contribution is 2.27. The molecule has 0 aliphatic carbocycles. The molecule has 0 bridgehead atoms. The average Bonchev–Trinajstić information content (AvgIpc) is 3.46. The minimum Gasteiger partial charge on any atom is -0.394 e. The number of piperidine rings is 1. The number of aliphatic hydroxyl groups is 1.